The van der Waals surface area contributed by atoms with Gasteiger partial charge in [0.25, 0.3) is 0 Å². The zero-order valence-electron chi connectivity index (χ0n) is 10.5. The molecule has 20 heavy (non-hydrogen) atoms. The van der Waals surface area contributed by atoms with Gasteiger partial charge in [0, 0.05) is 5.39 Å². The molecule has 0 aromatic heterocycles. The molecule has 2 N–H and O–H groups in total. The topological polar surface area (TPSA) is 40.5 Å². The summed E-state index contributed by atoms with van der Waals surface area (Å²) >= 11 is 0. The van der Waals surface area contributed by atoms with Crippen molar-refractivity contribution < 1.29 is 23.4 Å². The molecule has 0 bridgehead atoms. The van der Waals surface area contributed by atoms with Crippen LogP contribution in [-0.2, 0) is 5.60 Å². The monoisotopic (exact) mass is 280 g/mol. The number of aromatic hydroxyl groups is 1. The third kappa shape index (κ3) is 1.63. The largest absolute Gasteiger partial charge is 0.507 e. The lowest BCUT2D eigenvalue weighted by Gasteiger charge is -2.27. The molecular weight excluding hydrogens is 269 g/mol. The number of hydrogen-bond donors (Lipinski definition) is 2. The average Bonchev–Trinajstić information content (AvgIpc) is 2.76. The summed E-state index contributed by atoms with van der Waals surface area (Å²) < 4.78 is 38.8. The van der Waals surface area contributed by atoms with Gasteiger partial charge in [0.2, 0.25) is 0 Å². The Morgan fingerprint density at radius 2 is 1.65 bits per heavy atom. The Kier molecular flexibility index (Phi) is 2.44. The quantitative estimate of drug-likeness (QED) is 0.711. The van der Waals surface area contributed by atoms with Crippen LogP contribution in [0.4, 0.5) is 13.2 Å². The van der Waals surface area contributed by atoms with E-state index in [-0.39, 0.29) is 11.3 Å². The van der Waals surface area contributed by atoms with Crippen LogP contribution in [0.15, 0.2) is 24.3 Å². The Morgan fingerprint density at radius 1 is 1.00 bits per heavy atom. The van der Waals surface area contributed by atoms with Crippen LogP contribution >= 0.6 is 0 Å². The highest BCUT2D eigenvalue weighted by molar-refractivity contribution is 6.07. The fraction of sp³-hybridized carbons (Fsp3) is 0.200. The maximum atomic E-state index is 12.9. The van der Waals surface area contributed by atoms with Crippen LogP contribution in [0.5, 0.6) is 5.75 Å². The van der Waals surface area contributed by atoms with Gasteiger partial charge in [-0.3, -0.25) is 0 Å². The highest BCUT2D eigenvalue weighted by Gasteiger charge is 2.51. The highest BCUT2D eigenvalue weighted by atomic mass is 19.4. The molecule has 5 heteroatoms. The zero-order valence-corrected chi connectivity index (χ0v) is 10.5. The molecule has 0 saturated carbocycles. The van der Waals surface area contributed by atoms with Crippen LogP contribution in [-0.4, -0.2) is 16.4 Å². The summed E-state index contributed by atoms with van der Waals surface area (Å²) in [7, 11) is 0. The minimum Gasteiger partial charge on any atom is -0.507 e. The molecule has 104 valence electrons. The highest BCUT2D eigenvalue weighted by Crippen LogP contribution is 2.43. The van der Waals surface area contributed by atoms with Gasteiger partial charge in [-0.05, 0) is 47.2 Å². The van der Waals surface area contributed by atoms with Crippen LogP contribution in [0.25, 0.3) is 22.9 Å². The van der Waals surface area contributed by atoms with Gasteiger partial charge in [-0.2, -0.15) is 13.2 Å². The molecule has 1 unspecified atom stereocenters. The first-order chi connectivity index (χ1) is 9.22. The maximum Gasteiger partial charge on any atom is 0.421 e. The Hall–Kier alpha value is -2.01. The smallest absolute Gasteiger partial charge is 0.421 e. The first-order valence-corrected chi connectivity index (χ1v) is 5.99. The normalized spacial score (nSPS) is 16.6. The van der Waals surface area contributed by atoms with Crippen LogP contribution in [0, 0.1) is 0 Å². The molecule has 0 saturated heterocycles. The van der Waals surface area contributed by atoms with E-state index in [1.165, 1.54) is 18.2 Å². The SMILES string of the molecule is CC(O)(c1cc2c3c(ccc(O)c3c1)C=C2)C(F)(F)F. The lowest BCUT2D eigenvalue weighted by molar-refractivity contribution is -0.258. The van der Waals surface area contributed by atoms with Crippen molar-refractivity contribution in [3.63, 3.8) is 0 Å². The fourth-order valence-electron chi connectivity index (χ4n) is 2.43. The number of phenols is 1. The molecule has 0 aliphatic heterocycles. The van der Waals surface area contributed by atoms with Crippen molar-refractivity contribution in [2.24, 2.45) is 0 Å². The van der Waals surface area contributed by atoms with Gasteiger partial charge in [0.1, 0.15) is 5.75 Å². The number of aliphatic hydroxyl groups is 1. The Morgan fingerprint density at radius 3 is 2.30 bits per heavy atom. The van der Waals surface area contributed by atoms with Crippen molar-refractivity contribution in [3.8, 4) is 5.75 Å². The van der Waals surface area contributed by atoms with E-state index in [1.54, 1.807) is 18.2 Å². The Balaban J connectivity index is 2.33. The van der Waals surface area contributed by atoms with E-state index in [4.69, 9.17) is 0 Å². The van der Waals surface area contributed by atoms with Gasteiger partial charge in [0.05, 0.1) is 0 Å². The number of rotatable bonds is 1. The second-order valence-electron chi connectivity index (χ2n) is 5.07. The predicted octanol–water partition coefficient (Wildman–Crippen LogP) is 3.80. The zero-order chi connectivity index (χ0) is 14.7. The molecule has 1 aliphatic rings. The summed E-state index contributed by atoms with van der Waals surface area (Å²) in [6, 6.07) is 5.63. The summed E-state index contributed by atoms with van der Waals surface area (Å²) in [6.45, 7) is 0.709. The number of benzene rings is 2. The van der Waals surface area contributed by atoms with Gasteiger partial charge in [-0.15, -0.1) is 0 Å². The van der Waals surface area contributed by atoms with Crippen molar-refractivity contribution in [1.29, 1.82) is 0 Å². The van der Waals surface area contributed by atoms with E-state index in [9.17, 15) is 23.4 Å². The van der Waals surface area contributed by atoms with E-state index >= 15 is 0 Å². The van der Waals surface area contributed by atoms with Crippen molar-refractivity contribution >= 4 is 22.9 Å². The third-order valence-electron chi connectivity index (χ3n) is 3.71. The van der Waals surface area contributed by atoms with E-state index < -0.39 is 11.8 Å². The number of hydrogen-bond acceptors (Lipinski definition) is 2. The minimum absolute atomic E-state index is 0.103. The molecule has 2 aromatic carbocycles. The second-order valence-corrected chi connectivity index (χ2v) is 5.07. The molecule has 2 aromatic rings. The van der Waals surface area contributed by atoms with E-state index in [2.05, 4.69) is 0 Å². The van der Waals surface area contributed by atoms with Crippen molar-refractivity contribution in [1.82, 2.24) is 0 Å². The summed E-state index contributed by atoms with van der Waals surface area (Å²) in [5.74, 6) is -0.103. The molecule has 0 amide bonds. The van der Waals surface area contributed by atoms with E-state index in [0.29, 0.717) is 23.3 Å². The van der Waals surface area contributed by atoms with Gasteiger partial charge in [0.15, 0.2) is 5.60 Å². The van der Waals surface area contributed by atoms with Crippen LogP contribution in [0.2, 0.25) is 0 Å². The first-order valence-electron chi connectivity index (χ1n) is 5.99. The molecule has 1 aliphatic carbocycles. The number of phenolic OH excluding ortho intramolecular Hbond substituents is 1. The molecule has 1 atom stereocenters. The molecule has 0 radical (unpaired) electrons. The Labute approximate surface area is 112 Å². The van der Waals surface area contributed by atoms with Gasteiger partial charge < -0.3 is 10.2 Å². The average molecular weight is 280 g/mol. The minimum atomic E-state index is -4.79. The molecular formula is C15H11F3O2. The molecule has 2 nitrogen and oxygen atoms in total. The summed E-state index contributed by atoms with van der Waals surface area (Å²) in [5.41, 5.74) is -1.85. The van der Waals surface area contributed by atoms with Crippen LogP contribution in [0.1, 0.15) is 23.6 Å². The lowest BCUT2D eigenvalue weighted by Crippen LogP contribution is -2.39. The van der Waals surface area contributed by atoms with Crippen molar-refractivity contribution in [2.45, 2.75) is 18.7 Å². The standard InChI is InChI=1S/C15H11F3O2/c1-14(20,15(16,17)18)10-6-9-3-2-8-4-5-12(19)11(7-10)13(8)9/h2-7,19-20H,1H3. The number of halogens is 3. The summed E-state index contributed by atoms with van der Waals surface area (Å²) in [6.07, 6.45) is -1.35. The van der Waals surface area contributed by atoms with Crippen LogP contribution in [0.3, 0.4) is 0 Å². The summed E-state index contributed by atoms with van der Waals surface area (Å²) in [5, 5.41) is 20.6. The molecule has 0 spiro atoms. The Bertz CT molecular complexity index is 743. The third-order valence-corrected chi connectivity index (χ3v) is 3.71. The lowest BCUT2D eigenvalue weighted by atomic mass is 9.90. The molecule has 3 rings (SSSR count). The van der Waals surface area contributed by atoms with Gasteiger partial charge in [-0.25, -0.2) is 0 Å². The van der Waals surface area contributed by atoms with Crippen molar-refractivity contribution in [2.75, 3.05) is 0 Å². The van der Waals surface area contributed by atoms with Crippen molar-refractivity contribution in [3.05, 3.63) is 41.0 Å². The maximum absolute atomic E-state index is 12.9. The second kappa shape index (κ2) is 3.76. The van der Waals surface area contributed by atoms with Crippen LogP contribution < -0.4 is 0 Å². The van der Waals surface area contributed by atoms with Gasteiger partial charge >= 0.3 is 6.18 Å². The first kappa shape index (κ1) is 13.0. The van der Waals surface area contributed by atoms with E-state index in [1.807, 2.05) is 0 Å². The van der Waals surface area contributed by atoms with E-state index in [0.717, 1.165) is 5.56 Å². The predicted molar refractivity (Wildman–Crippen MR) is 70.2 cm³/mol. The fourth-order valence-corrected chi connectivity index (χ4v) is 2.43. The molecule has 0 fully saturated rings. The number of alkyl halides is 3. The summed E-state index contributed by atoms with van der Waals surface area (Å²) in [4.78, 5) is 0. The van der Waals surface area contributed by atoms with Gasteiger partial charge in [-0.1, -0.05) is 18.2 Å². The molecule has 0 heterocycles.